The summed E-state index contributed by atoms with van der Waals surface area (Å²) in [6, 6.07) is 7.54. The van der Waals surface area contributed by atoms with Crippen molar-refractivity contribution in [3.8, 4) is 0 Å². The topological polar surface area (TPSA) is 17.8 Å². The fraction of sp³-hybridized carbons (Fsp3) is 0.222. The number of hydrogen-bond acceptors (Lipinski definition) is 1. The molecule has 3 heteroatoms. The average molecular weight is 164 g/mol. The number of nitrogens with zero attached hydrogens (tertiary/aromatic N) is 2. The fourth-order valence-electron chi connectivity index (χ4n) is 1.35. The fourth-order valence-corrected chi connectivity index (χ4v) is 1.35. The number of rotatable bonds is 1. The second-order valence-electron chi connectivity index (χ2n) is 2.70. The summed E-state index contributed by atoms with van der Waals surface area (Å²) >= 11 is 0. The highest BCUT2D eigenvalue weighted by Crippen LogP contribution is 2.14. The highest BCUT2D eigenvalue weighted by atomic mass is 19.1. The minimum absolute atomic E-state index is 0.508. The second kappa shape index (κ2) is 2.59. The van der Waals surface area contributed by atoms with Crippen LogP contribution in [0.2, 0.25) is 0 Å². The Bertz CT molecular complexity index is 406. The van der Waals surface area contributed by atoms with Crippen LogP contribution in [-0.2, 0) is 6.80 Å². The first-order valence-corrected chi connectivity index (χ1v) is 3.81. The lowest BCUT2D eigenvalue weighted by molar-refractivity contribution is 0.379. The van der Waals surface area contributed by atoms with E-state index in [-0.39, 0.29) is 0 Å². The van der Waals surface area contributed by atoms with Crippen LogP contribution in [0.25, 0.3) is 11.0 Å². The van der Waals surface area contributed by atoms with Gasteiger partial charge in [0.15, 0.2) is 6.80 Å². The number of aryl methyl sites for hydroxylation is 1. The molecule has 2 aromatic rings. The van der Waals surface area contributed by atoms with E-state index in [2.05, 4.69) is 4.98 Å². The minimum Gasteiger partial charge on any atom is -0.299 e. The number of alkyl halides is 1. The maximum absolute atomic E-state index is 12.5. The molecule has 0 saturated carbocycles. The molecule has 1 aromatic carbocycles. The third-order valence-electron chi connectivity index (χ3n) is 1.96. The summed E-state index contributed by atoms with van der Waals surface area (Å²) in [6.45, 7) is 1.30. The molecule has 2 rings (SSSR count). The predicted octanol–water partition coefficient (Wildman–Crippen LogP) is 2.27. The Kier molecular flexibility index (Phi) is 1.57. The van der Waals surface area contributed by atoms with Crippen molar-refractivity contribution in [2.45, 2.75) is 13.7 Å². The van der Waals surface area contributed by atoms with Crippen molar-refractivity contribution in [1.29, 1.82) is 0 Å². The van der Waals surface area contributed by atoms with E-state index in [9.17, 15) is 4.39 Å². The van der Waals surface area contributed by atoms with Gasteiger partial charge in [0.25, 0.3) is 0 Å². The molecule has 1 aromatic heterocycles. The molecule has 0 atom stereocenters. The number of halogens is 1. The molecule has 0 amide bonds. The van der Waals surface area contributed by atoms with E-state index >= 15 is 0 Å². The predicted molar refractivity (Wildman–Crippen MR) is 45.6 cm³/mol. The lowest BCUT2D eigenvalue weighted by Gasteiger charge is -1.97. The lowest BCUT2D eigenvalue weighted by Crippen LogP contribution is -1.94. The quantitative estimate of drug-likeness (QED) is 0.632. The molecule has 0 bridgehead atoms. The van der Waals surface area contributed by atoms with Crippen LogP contribution in [0.5, 0.6) is 0 Å². The number of para-hydroxylation sites is 2. The summed E-state index contributed by atoms with van der Waals surface area (Å²) in [5.41, 5.74) is 1.71. The maximum Gasteiger partial charge on any atom is 0.167 e. The average Bonchev–Trinajstić information content (AvgIpc) is 2.40. The summed E-state index contributed by atoms with van der Waals surface area (Å²) in [4.78, 5) is 4.21. The van der Waals surface area contributed by atoms with E-state index in [4.69, 9.17) is 0 Å². The molecule has 0 saturated heterocycles. The number of benzene rings is 1. The first-order valence-electron chi connectivity index (χ1n) is 3.81. The van der Waals surface area contributed by atoms with Crippen LogP contribution in [0.15, 0.2) is 24.3 Å². The molecule has 0 fully saturated rings. The van der Waals surface area contributed by atoms with Crippen molar-refractivity contribution in [3.63, 3.8) is 0 Å². The van der Waals surface area contributed by atoms with Crippen molar-refractivity contribution in [1.82, 2.24) is 9.55 Å². The van der Waals surface area contributed by atoms with Gasteiger partial charge in [-0.3, -0.25) is 4.57 Å². The van der Waals surface area contributed by atoms with Crippen LogP contribution in [-0.4, -0.2) is 9.55 Å². The van der Waals surface area contributed by atoms with Gasteiger partial charge in [0.05, 0.1) is 11.0 Å². The number of hydrogen-bond donors (Lipinski definition) is 0. The zero-order valence-electron chi connectivity index (χ0n) is 6.79. The first-order chi connectivity index (χ1) is 5.83. The zero-order valence-corrected chi connectivity index (χ0v) is 6.79. The van der Waals surface area contributed by atoms with Crippen molar-refractivity contribution >= 4 is 11.0 Å². The second-order valence-corrected chi connectivity index (χ2v) is 2.70. The van der Waals surface area contributed by atoms with Gasteiger partial charge in [-0.2, -0.15) is 0 Å². The van der Waals surface area contributed by atoms with Gasteiger partial charge in [0, 0.05) is 0 Å². The monoisotopic (exact) mass is 164 g/mol. The van der Waals surface area contributed by atoms with Gasteiger partial charge in [-0.15, -0.1) is 0 Å². The number of aromatic nitrogens is 2. The van der Waals surface area contributed by atoms with E-state index in [1.165, 1.54) is 0 Å². The van der Waals surface area contributed by atoms with Crippen LogP contribution in [0, 0.1) is 6.92 Å². The van der Waals surface area contributed by atoms with E-state index in [1.54, 1.807) is 11.5 Å². The zero-order chi connectivity index (χ0) is 8.55. The van der Waals surface area contributed by atoms with Crippen LogP contribution >= 0.6 is 0 Å². The van der Waals surface area contributed by atoms with Crippen LogP contribution in [0.3, 0.4) is 0 Å². The molecular formula is C9H9FN2. The van der Waals surface area contributed by atoms with Gasteiger partial charge in [0.2, 0.25) is 0 Å². The Hall–Kier alpha value is -1.38. The third-order valence-corrected chi connectivity index (χ3v) is 1.96. The molecule has 0 unspecified atom stereocenters. The normalized spacial score (nSPS) is 10.8. The Morgan fingerprint density at radius 3 is 2.92 bits per heavy atom. The summed E-state index contributed by atoms with van der Waals surface area (Å²) < 4.78 is 14.0. The smallest absolute Gasteiger partial charge is 0.167 e. The molecule has 1 heterocycles. The third kappa shape index (κ3) is 0.897. The molecule has 2 nitrogen and oxygen atoms in total. The van der Waals surface area contributed by atoms with E-state index in [0.29, 0.717) is 0 Å². The minimum atomic E-state index is -0.508. The number of fused-ring (bicyclic) bond motifs is 1. The van der Waals surface area contributed by atoms with Crippen LogP contribution in [0.1, 0.15) is 5.82 Å². The van der Waals surface area contributed by atoms with Crippen LogP contribution in [0.4, 0.5) is 4.39 Å². The molecule has 0 aliphatic rings. The van der Waals surface area contributed by atoms with Gasteiger partial charge in [-0.05, 0) is 19.1 Å². The molecule has 62 valence electrons. The number of imidazole rings is 1. The summed E-state index contributed by atoms with van der Waals surface area (Å²) in [5.74, 6) is 0.721. The van der Waals surface area contributed by atoms with Gasteiger partial charge < -0.3 is 0 Å². The first kappa shape index (κ1) is 7.28. The van der Waals surface area contributed by atoms with Crippen molar-refractivity contribution in [3.05, 3.63) is 30.1 Å². The van der Waals surface area contributed by atoms with Gasteiger partial charge >= 0.3 is 0 Å². The van der Waals surface area contributed by atoms with E-state index in [1.807, 2.05) is 24.3 Å². The van der Waals surface area contributed by atoms with E-state index in [0.717, 1.165) is 16.9 Å². The van der Waals surface area contributed by atoms with Crippen LogP contribution < -0.4 is 0 Å². The largest absolute Gasteiger partial charge is 0.299 e. The molecule has 12 heavy (non-hydrogen) atoms. The summed E-state index contributed by atoms with van der Waals surface area (Å²) in [6.07, 6.45) is 0. The van der Waals surface area contributed by atoms with Crippen molar-refractivity contribution < 1.29 is 4.39 Å². The van der Waals surface area contributed by atoms with E-state index < -0.39 is 6.80 Å². The Balaban J connectivity index is 2.81. The maximum atomic E-state index is 12.5. The molecule has 0 aliphatic carbocycles. The van der Waals surface area contributed by atoms with Gasteiger partial charge in [-0.25, -0.2) is 9.37 Å². The highest BCUT2D eigenvalue weighted by Gasteiger charge is 2.04. The molecule has 0 spiro atoms. The Morgan fingerprint density at radius 1 is 1.42 bits per heavy atom. The SMILES string of the molecule is Cc1nc2ccccc2n1CF. The van der Waals surface area contributed by atoms with Crippen molar-refractivity contribution in [2.24, 2.45) is 0 Å². The van der Waals surface area contributed by atoms with Crippen molar-refractivity contribution in [2.75, 3.05) is 0 Å². The van der Waals surface area contributed by atoms with Gasteiger partial charge in [-0.1, -0.05) is 12.1 Å². The Labute approximate surface area is 69.6 Å². The molecule has 0 aliphatic heterocycles. The summed E-state index contributed by atoms with van der Waals surface area (Å²) in [7, 11) is 0. The Morgan fingerprint density at radius 2 is 2.17 bits per heavy atom. The standard InChI is InChI=1S/C9H9FN2/c1-7-11-8-4-2-3-5-9(8)12(7)6-10/h2-5H,6H2,1H3. The van der Waals surface area contributed by atoms with Gasteiger partial charge in [0.1, 0.15) is 5.82 Å². The molecule has 0 radical (unpaired) electrons. The molecule has 0 N–H and O–H groups in total. The lowest BCUT2D eigenvalue weighted by atomic mass is 10.3. The summed E-state index contributed by atoms with van der Waals surface area (Å²) in [5, 5.41) is 0. The highest BCUT2D eigenvalue weighted by molar-refractivity contribution is 5.75. The molecular weight excluding hydrogens is 155 g/mol.